The fraction of sp³-hybridized carbons (Fsp3) is 0.200. The highest BCUT2D eigenvalue weighted by atomic mass is 16.6. The number of hydrogen-bond acceptors (Lipinski definition) is 5. The Bertz CT molecular complexity index is 735. The SMILES string of the molecule is CCNc1nc(-c2ccc(C)c([N+](=O)[O-])c2)ccc1C#N. The third kappa shape index (κ3) is 2.98. The summed E-state index contributed by atoms with van der Waals surface area (Å²) in [4.78, 5) is 15.0. The molecule has 106 valence electrons. The van der Waals surface area contributed by atoms with Crippen molar-refractivity contribution in [2.75, 3.05) is 11.9 Å². The number of nitro groups is 1. The van der Waals surface area contributed by atoms with Crippen LogP contribution in [0.1, 0.15) is 18.1 Å². The maximum atomic E-state index is 11.0. The molecular formula is C15H14N4O2. The molecule has 1 heterocycles. The van der Waals surface area contributed by atoms with E-state index in [-0.39, 0.29) is 5.69 Å². The smallest absolute Gasteiger partial charge is 0.272 e. The van der Waals surface area contributed by atoms with Gasteiger partial charge in [0.1, 0.15) is 11.9 Å². The van der Waals surface area contributed by atoms with Crippen LogP contribution in [0.25, 0.3) is 11.3 Å². The Morgan fingerprint density at radius 3 is 2.76 bits per heavy atom. The summed E-state index contributed by atoms with van der Waals surface area (Å²) < 4.78 is 0. The molecule has 2 aromatic rings. The average Bonchev–Trinajstić information content (AvgIpc) is 2.47. The molecule has 1 aromatic heterocycles. The summed E-state index contributed by atoms with van der Waals surface area (Å²) in [6.45, 7) is 4.24. The Labute approximate surface area is 122 Å². The molecule has 0 aliphatic rings. The van der Waals surface area contributed by atoms with Gasteiger partial charge in [0.2, 0.25) is 0 Å². The molecule has 6 heteroatoms. The van der Waals surface area contributed by atoms with E-state index in [2.05, 4.69) is 16.4 Å². The number of rotatable bonds is 4. The number of nitro benzene ring substituents is 1. The summed E-state index contributed by atoms with van der Waals surface area (Å²) in [5.74, 6) is 0.487. The van der Waals surface area contributed by atoms with Crippen LogP contribution in [0.5, 0.6) is 0 Å². The van der Waals surface area contributed by atoms with Crippen LogP contribution in [-0.4, -0.2) is 16.5 Å². The van der Waals surface area contributed by atoms with E-state index in [0.717, 1.165) is 0 Å². The first kappa shape index (κ1) is 14.5. The van der Waals surface area contributed by atoms with Gasteiger partial charge >= 0.3 is 0 Å². The first-order valence-electron chi connectivity index (χ1n) is 6.47. The zero-order chi connectivity index (χ0) is 15.4. The summed E-state index contributed by atoms with van der Waals surface area (Å²) in [5, 5.41) is 23.1. The minimum atomic E-state index is -0.409. The maximum absolute atomic E-state index is 11.0. The molecule has 0 aliphatic heterocycles. The van der Waals surface area contributed by atoms with Crippen LogP contribution < -0.4 is 5.32 Å². The molecule has 1 N–H and O–H groups in total. The summed E-state index contributed by atoms with van der Waals surface area (Å²) in [6, 6.07) is 10.4. The number of nitrogens with zero attached hydrogens (tertiary/aromatic N) is 3. The fourth-order valence-corrected chi connectivity index (χ4v) is 1.98. The molecular weight excluding hydrogens is 268 g/mol. The minimum absolute atomic E-state index is 0.0589. The molecule has 0 atom stereocenters. The lowest BCUT2D eigenvalue weighted by Gasteiger charge is -2.08. The summed E-state index contributed by atoms with van der Waals surface area (Å²) in [5.41, 5.74) is 2.35. The number of nitrogens with one attached hydrogen (secondary N) is 1. The molecule has 0 saturated carbocycles. The van der Waals surface area contributed by atoms with E-state index < -0.39 is 4.92 Å². The van der Waals surface area contributed by atoms with E-state index in [4.69, 9.17) is 5.26 Å². The van der Waals surface area contributed by atoms with Gasteiger partial charge in [0.15, 0.2) is 0 Å². The van der Waals surface area contributed by atoms with E-state index >= 15 is 0 Å². The van der Waals surface area contributed by atoms with Gasteiger partial charge in [-0.15, -0.1) is 0 Å². The van der Waals surface area contributed by atoms with Crippen molar-refractivity contribution in [3.63, 3.8) is 0 Å². The molecule has 0 unspecified atom stereocenters. The van der Waals surface area contributed by atoms with Crippen molar-refractivity contribution in [3.8, 4) is 17.3 Å². The van der Waals surface area contributed by atoms with Gasteiger partial charge in [-0.3, -0.25) is 10.1 Å². The van der Waals surface area contributed by atoms with Crippen molar-refractivity contribution in [2.45, 2.75) is 13.8 Å². The Balaban J connectivity index is 2.52. The molecule has 0 fully saturated rings. The second kappa shape index (κ2) is 6.01. The van der Waals surface area contributed by atoms with Crippen LogP contribution in [0, 0.1) is 28.4 Å². The van der Waals surface area contributed by atoms with Gasteiger partial charge in [0.25, 0.3) is 5.69 Å². The number of aryl methyl sites for hydroxylation is 1. The minimum Gasteiger partial charge on any atom is -0.369 e. The Kier molecular flexibility index (Phi) is 4.14. The van der Waals surface area contributed by atoms with Crippen LogP contribution in [0.3, 0.4) is 0 Å². The lowest BCUT2D eigenvalue weighted by molar-refractivity contribution is -0.385. The van der Waals surface area contributed by atoms with Gasteiger partial charge in [0, 0.05) is 23.7 Å². The molecule has 0 radical (unpaired) electrons. The van der Waals surface area contributed by atoms with Gasteiger partial charge < -0.3 is 5.32 Å². The Morgan fingerprint density at radius 1 is 1.38 bits per heavy atom. The van der Waals surface area contributed by atoms with Gasteiger partial charge in [-0.2, -0.15) is 5.26 Å². The highest BCUT2D eigenvalue weighted by molar-refractivity contribution is 5.67. The summed E-state index contributed by atoms with van der Waals surface area (Å²) >= 11 is 0. The van der Waals surface area contributed by atoms with Crippen molar-refractivity contribution >= 4 is 11.5 Å². The number of benzene rings is 1. The largest absolute Gasteiger partial charge is 0.369 e. The van der Waals surface area contributed by atoms with Crippen LogP contribution in [0.2, 0.25) is 0 Å². The molecule has 6 nitrogen and oxygen atoms in total. The van der Waals surface area contributed by atoms with E-state index in [0.29, 0.717) is 34.7 Å². The van der Waals surface area contributed by atoms with E-state index in [9.17, 15) is 10.1 Å². The molecule has 0 saturated heterocycles. The molecule has 0 bridgehead atoms. The van der Waals surface area contributed by atoms with Gasteiger partial charge in [-0.25, -0.2) is 4.98 Å². The monoisotopic (exact) mass is 282 g/mol. The quantitative estimate of drug-likeness (QED) is 0.686. The van der Waals surface area contributed by atoms with Gasteiger partial charge in [-0.1, -0.05) is 12.1 Å². The molecule has 0 amide bonds. The Morgan fingerprint density at radius 2 is 2.14 bits per heavy atom. The molecule has 2 rings (SSSR count). The Hall–Kier alpha value is -2.94. The van der Waals surface area contributed by atoms with Gasteiger partial charge in [0.05, 0.1) is 16.2 Å². The lowest BCUT2D eigenvalue weighted by atomic mass is 10.1. The molecule has 21 heavy (non-hydrogen) atoms. The zero-order valence-electron chi connectivity index (χ0n) is 11.8. The summed E-state index contributed by atoms with van der Waals surface area (Å²) in [7, 11) is 0. The third-order valence-electron chi connectivity index (χ3n) is 3.06. The number of pyridine rings is 1. The lowest BCUT2D eigenvalue weighted by Crippen LogP contribution is -2.02. The number of anilines is 1. The second-order valence-electron chi connectivity index (χ2n) is 4.49. The normalized spacial score (nSPS) is 9.95. The van der Waals surface area contributed by atoms with Gasteiger partial charge in [-0.05, 0) is 26.0 Å². The maximum Gasteiger partial charge on any atom is 0.272 e. The average molecular weight is 282 g/mol. The topological polar surface area (TPSA) is 91.8 Å². The zero-order valence-corrected chi connectivity index (χ0v) is 11.8. The van der Waals surface area contributed by atoms with E-state index in [1.54, 1.807) is 31.2 Å². The van der Waals surface area contributed by atoms with Crippen molar-refractivity contribution in [3.05, 3.63) is 51.6 Å². The van der Waals surface area contributed by atoms with Crippen LogP contribution >= 0.6 is 0 Å². The molecule has 0 spiro atoms. The number of hydrogen-bond donors (Lipinski definition) is 1. The third-order valence-corrected chi connectivity index (χ3v) is 3.06. The second-order valence-corrected chi connectivity index (χ2v) is 4.49. The van der Waals surface area contributed by atoms with Crippen LogP contribution in [0.4, 0.5) is 11.5 Å². The first-order chi connectivity index (χ1) is 10.1. The van der Waals surface area contributed by atoms with Crippen molar-refractivity contribution < 1.29 is 4.92 Å². The van der Waals surface area contributed by atoms with E-state index in [1.807, 2.05) is 6.92 Å². The summed E-state index contributed by atoms with van der Waals surface area (Å²) in [6.07, 6.45) is 0. The van der Waals surface area contributed by atoms with Crippen molar-refractivity contribution in [2.24, 2.45) is 0 Å². The first-order valence-corrected chi connectivity index (χ1v) is 6.47. The van der Waals surface area contributed by atoms with E-state index in [1.165, 1.54) is 6.07 Å². The highest BCUT2D eigenvalue weighted by Gasteiger charge is 2.13. The van der Waals surface area contributed by atoms with Crippen LogP contribution in [0.15, 0.2) is 30.3 Å². The predicted octanol–water partition coefficient (Wildman–Crippen LogP) is 3.27. The number of nitriles is 1. The standard InChI is InChI=1S/C15H14N4O2/c1-3-17-15-12(9-16)6-7-13(18-15)11-5-4-10(2)14(8-11)19(20)21/h4-8H,3H2,1-2H3,(H,17,18). The fourth-order valence-electron chi connectivity index (χ4n) is 1.98. The van der Waals surface area contributed by atoms with Crippen molar-refractivity contribution in [1.29, 1.82) is 5.26 Å². The highest BCUT2D eigenvalue weighted by Crippen LogP contribution is 2.27. The number of aromatic nitrogens is 1. The predicted molar refractivity (Wildman–Crippen MR) is 79.9 cm³/mol. The van der Waals surface area contributed by atoms with Crippen LogP contribution in [-0.2, 0) is 0 Å². The van der Waals surface area contributed by atoms with Crippen molar-refractivity contribution in [1.82, 2.24) is 4.98 Å². The molecule has 0 aliphatic carbocycles. The molecule has 1 aromatic carbocycles.